The highest BCUT2D eigenvalue weighted by atomic mass is 16.5. The maximum absolute atomic E-state index is 12.4. The summed E-state index contributed by atoms with van der Waals surface area (Å²) in [7, 11) is 2.53. The van der Waals surface area contributed by atoms with Crippen LogP contribution in [0.1, 0.15) is 18.9 Å². The summed E-state index contributed by atoms with van der Waals surface area (Å²) < 4.78 is 9.39. The van der Waals surface area contributed by atoms with Crippen molar-refractivity contribution in [2.75, 3.05) is 14.2 Å². The third kappa shape index (κ3) is 5.05. The molecule has 0 aliphatic heterocycles. The van der Waals surface area contributed by atoms with Crippen molar-refractivity contribution in [2.45, 2.75) is 25.8 Å². The van der Waals surface area contributed by atoms with E-state index in [1.54, 1.807) is 6.92 Å². The molecule has 138 valence electrons. The zero-order chi connectivity index (χ0) is 19.1. The van der Waals surface area contributed by atoms with Crippen LogP contribution in [-0.4, -0.2) is 38.1 Å². The fourth-order valence-corrected chi connectivity index (χ4v) is 2.79. The second-order valence-corrected chi connectivity index (χ2v) is 6.16. The number of methoxy groups -OCH3 is 2. The number of benzene rings is 2. The number of rotatable bonds is 7. The van der Waals surface area contributed by atoms with Crippen molar-refractivity contribution >= 4 is 28.6 Å². The molecule has 0 bridgehead atoms. The van der Waals surface area contributed by atoms with Gasteiger partial charge in [0.05, 0.1) is 26.6 Å². The second-order valence-electron chi connectivity index (χ2n) is 6.16. The fourth-order valence-electron chi connectivity index (χ4n) is 2.79. The summed E-state index contributed by atoms with van der Waals surface area (Å²) in [5, 5.41) is 4.79. The van der Waals surface area contributed by atoms with Crippen LogP contribution in [0.15, 0.2) is 42.5 Å². The van der Waals surface area contributed by atoms with Crippen LogP contribution in [0.5, 0.6) is 0 Å². The molecular weight excluding hydrogens is 334 g/mol. The van der Waals surface area contributed by atoms with Gasteiger partial charge in [-0.15, -0.1) is 0 Å². The van der Waals surface area contributed by atoms with Gasteiger partial charge in [0.15, 0.2) is 0 Å². The van der Waals surface area contributed by atoms with Crippen molar-refractivity contribution in [1.29, 1.82) is 0 Å². The van der Waals surface area contributed by atoms with Crippen molar-refractivity contribution in [2.24, 2.45) is 5.92 Å². The molecule has 2 aromatic rings. The van der Waals surface area contributed by atoms with E-state index in [1.807, 2.05) is 42.5 Å². The first kappa shape index (κ1) is 19.4. The molecule has 2 rings (SSSR count). The summed E-state index contributed by atoms with van der Waals surface area (Å²) >= 11 is 0. The van der Waals surface area contributed by atoms with Gasteiger partial charge in [0.2, 0.25) is 5.91 Å². The molecule has 0 aliphatic carbocycles. The van der Waals surface area contributed by atoms with E-state index >= 15 is 0 Å². The molecule has 0 saturated carbocycles. The van der Waals surface area contributed by atoms with Crippen LogP contribution in [-0.2, 0) is 30.3 Å². The first-order valence-corrected chi connectivity index (χ1v) is 8.37. The quantitative estimate of drug-likeness (QED) is 0.769. The highest BCUT2D eigenvalue weighted by molar-refractivity contribution is 5.88. The molecule has 2 aromatic carbocycles. The van der Waals surface area contributed by atoms with Crippen LogP contribution in [0.2, 0.25) is 0 Å². The van der Waals surface area contributed by atoms with E-state index in [1.165, 1.54) is 14.2 Å². The van der Waals surface area contributed by atoms with Gasteiger partial charge >= 0.3 is 11.9 Å². The summed E-state index contributed by atoms with van der Waals surface area (Å²) in [6.07, 6.45) is 0.244. The van der Waals surface area contributed by atoms with Gasteiger partial charge in [0.25, 0.3) is 0 Å². The van der Waals surface area contributed by atoms with Crippen LogP contribution in [0.3, 0.4) is 0 Å². The van der Waals surface area contributed by atoms with E-state index in [0.717, 1.165) is 16.3 Å². The molecule has 1 amide bonds. The smallest absolute Gasteiger partial charge is 0.328 e. The van der Waals surface area contributed by atoms with Crippen LogP contribution in [0, 0.1) is 5.92 Å². The molecule has 0 heterocycles. The molecule has 6 heteroatoms. The molecule has 0 aromatic heterocycles. The molecule has 0 aliphatic rings. The number of hydrogen-bond donors (Lipinski definition) is 1. The first-order chi connectivity index (χ1) is 12.4. The van der Waals surface area contributed by atoms with E-state index in [4.69, 9.17) is 4.74 Å². The Kier molecular flexibility index (Phi) is 6.72. The van der Waals surface area contributed by atoms with Crippen LogP contribution >= 0.6 is 0 Å². The second kappa shape index (κ2) is 8.99. The summed E-state index contributed by atoms with van der Waals surface area (Å²) in [6, 6.07) is 12.8. The summed E-state index contributed by atoms with van der Waals surface area (Å²) in [5.41, 5.74) is 0.839. The summed E-state index contributed by atoms with van der Waals surface area (Å²) in [5.74, 6) is -1.88. The predicted molar refractivity (Wildman–Crippen MR) is 97.4 cm³/mol. The number of nitrogens with one attached hydrogen (secondary N) is 1. The minimum absolute atomic E-state index is 0.114. The Bertz CT molecular complexity index is 802. The Morgan fingerprint density at radius 2 is 1.62 bits per heavy atom. The van der Waals surface area contributed by atoms with Crippen LogP contribution in [0.25, 0.3) is 10.8 Å². The minimum atomic E-state index is -0.901. The molecular formula is C20H23NO5. The number of esters is 2. The summed E-state index contributed by atoms with van der Waals surface area (Å²) in [4.78, 5) is 35.9. The summed E-state index contributed by atoms with van der Waals surface area (Å²) in [6.45, 7) is 1.64. The number of hydrogen-bond acceptors (Lipinski definition) is 5. The third-order valence-electron chi connectivity index (χ3n) is 4.19. The largest absolute Gasteiger partial charge is 0.469 e. The fraction of sp³-hybridized carbons (Fsp3) is 0.350. The van der Waals surface area contributed by atoms with E-state index in [0.29, 0.717) is 0 Å². The van der Waals surface area contributed by atoms with Gasteiger partial charge in [-0.05, 0) is 22.8 Å². The molecule has 26 heavy (non-hydrogen) atoms. The Balaban J connectivity index is 2.05. The molecule has 0 spiro atoms. The van der Waals surface area contributed by atoms with E-state index in [2.05, 4.69) is 10.1 Å². The van der Waals surface area contributed by atoms with Gasteiger partial charge in [-0.1, -0.05) is 49.4 Å². The molecule has 0 saturated heterocycles. The number of fused-ring (bicyclic) bond motifs is 1. The van der Waals surface area contributed by atoms with E-state index in [-0.39, 0.29) is 18.7 Å². The molecule has 2 atom stereocenters. The highest BCUT2D eigenvalue weighted by Gasteiger charge is 2.27. The van der Waals surface area contributed by atoms with Crippen molar-refractivity contribution in [3.63, 3.8) is 0 Å². The molecule has 0 fully saturated rings. The number of carbonyl (C=O) groups excluding carboxylic acids is 3. The zero-order valence-electron chi connectivity index (χ0n) is 15.2. The average Bonchev–Trinajstić information content (AvgIpc) is 2.65. The minimum Gasteiger partial charge on any atom is -0.469 e. The maximum atomic E-state index is 12.4. The topological polar surface area (TPSA) is 81.7 Å². The predicted octanol–water partition coefficient (Wildman–Crippen LogP) is 2.24. The normalized spacial score (nSPS) is 12.9. The lowest BCUT2D eigenvalue weighted by atomic mass is 10.0. The van der Waals surface area contributed by atoms with Crippen molar-refractivity contribution in [1.82, 2.24) is 5.32 Å². The Hall–Kier alpha value is -2.89. The highest BCUT2D eigenvalue weighted by Crippen LogP contribution is 2.16. The molecule has 1 N–H and O–H groups in total. The number of ether oxygens (including phenoxy) is 2. The van der Waals surface area contributed by atoms with Crippen molar-refractivity contribution in [3.8, 4) is 0 Å². The van der Waals surface area contributed by atoms with E-state index in [9.17, 15) is 14.4 Å². The van der Waals surface area contributed by atoms with Gasteiger partial charge in [-0.25, -0.2) is 4.79 Å². The van der Waals surface area contributed by atoms with Gasteiger partial charge in [0.1, 0.15) is 6.04 Å². The zero-order valence-corrected chi connectivity index (χ0v) is 15.2. The van der Waals surface area contributed by atoms with Gasteiger partial charge in [-0.3, -0.25) is 9.59 Å². The SMILES string of the molecule is COC(=O)[C@H](C)C[C@@H](NC(=O)Cc1ccc2ccccc2c1)C(=O)OC. The van der Waals surface area contributed by atoms with Gasteiger partial charge in [0, 0.05) is 0 Å². The van der Waals surface area contributed by atoms with Crippen molar-refractivity contribution in [3.05, 3.63) is 48.0 Å². The lowest BCUT2D eigenvalue weighted by Crippen LogP contribution is -2.44. The lowest BCUT2D eigenvalue weighted by Gasteiger charge is -2.19. The number of amides is 1. The Labute approximate surface area is 152 Å². The standard InChI is InChI=1S/C20H23NO5/c1-13(19(23)25-2)10-17(20(24)26-3)21-18(22)12-14-8-9-15-6-4-5-7-16(15)11-14/h4-9,11,13,17H,10,12H2,1-3H3,(H,21,22)/t13-,17-/m1/s1. The lowest BCUT2D eigenvalue weighted by molar-refractivity contribution is -0.148. The van der Waals surface area contributed by atoms with Crippen LogP contribution in [0.4, 0.5) is 0 Å². The molecule has 0 unspecified atom stereocenters. The maximum Gasteiger partial charge on any atom is 0.328 e. The Morgan fingerprint density at radius 1 is 0.962 bits per heavy atom. The third-order valence-corrected chi connectivity index (χ3v) is 4.19. The van der Waals surface area contributed by atoms with E-state index < -0.39 is 23.9 Å². The molecule has 6 nitrogen and oxygen atoms in total. The van der Waals surface area contributed by atoms with Crippen LogP contribution < -0.4 is 5.32 Å². The Morgan fingerprint density at radius 3 is 2.27 bits per heavy atom. The monoisotopic (exact) mass is 357 g/mol. The molecule has 0 radical (unpaired) electrons. The average molecular weight is 357 g/mol. The van der Waals surface area contributed by atoms with Gasteiger partial charge in [-0.2, -0.15) is 0 Å². The first-order valence-electron chi connectivity index (χ1n) is 8.37. The van der Waals surface area contributed by atoms with Gasteiger partial charge < -0.3 is 14.8 Å². The van der Waals surface area contributed by atoms with Crippen molar-refractivity contribution < 1.29 is 23.9 Å². The number of carbonyl (C=O) groups is 3.